The summed E-state index contributed by atoms with van der Waals surface area (Å²) in [5.74, 6) is -6.72. The number of hydrogen-bond donors (Lipinski definition) is 2. The van der Waals surface area contributed by atoms with Crippen LogP contribution in [0.1, 0.15) is 167 Å². The van der Waals surface area contributed by atoms with Crippen molar-refractivity contribution in [2.75, 3.05) is 19.5 Å². The zero-order valence-electron chi connectivity index (χ0n) is 45.5. The van der Waals surface area contributed by atoms with Crippen LogP contribution in [0.15, 0.2) is 23.3 Å². The molecular weight excluding hydrogens is 957 g/mol. The van der Waals surface area contributed by atoms with Gasteiger partial charge in [-0.1, -0.05) is 81.4 Å². The first-order chi connectivity index (χ1) is 33.5. The van der Waals surface area contributed by atoms with Gasteiger partial charge in [-0.05, 0) is 87.0 Å². The van der Waals surface area contributed by atoms with Crippen LogP contribution in [0.4, 0.5) is 0 Å². The van der Waals surface area contributed by atoms with Crippen LogP contribution in [-0.4, -0.2) is 122 Å². The minimum Gasteiger partial charge on any atom is -0.466 e. The summed E-state index contributed by atoms with van der Waals surface area (Å²) in [4.78, 5) is 77.7. The Morgan fingerprint density at radius 1 is 0.750 bits per heavy atom. The molecule has 18 nitrogen and oxygen atoms in total. The number of esters is 6. The largest absolute Gasteiger partial charge is 0.466 e. The van der Waals surface area contributed by atoms with Crippen molar-refractivity contribution < 1.29 is 84.7 Å². The number of ether oxygens (including phenoxy) is 8. The van der Waals surface area contributed by atoms with Crippen LogP contribution in [0.5, 0.6) is 0 Å². The molecule has 0 aliphatic carbocycles. The highest BCUT2D eigenvalue weighted by Gasteiger charge is 2.51. The Morgan fingerprint density at radius 2 is 1.31 bits per heavy atom. The van der Waals surface area contributed by atoms with E-state index in [1.807, 2.05) is 54.5 Å². The van der Waals surface area contributed by atoms with Crippen LogP contribution >= 0.6 is 0 Å². The molecule has 2 aliphatic heterocycles. The van der Waals surface area contributed by atoms with Crippen molar-refractivity contribution >= 4 is 45.9 Å². The summed E-state index contributed by atoms with van der Waals surface area (Å²) >= 11 is 0. The zero-order chi connectivity index (χ0) is 54.7. The molecular formula is C53H88O18S. The SMILES string of the molecule is CCC(=O)OC(C/C=C(\C)C(=O)OC)C(C)C(OC(C)=O)C(CC(C)C(OC(=O)CC(C)C)C1CC(C)C[C@@]2(C[C@@H](C)C[C@H](C(O)/C(C)=C/CCC(C)CC(=O)OCCS(=O)(=O)O)O2)O1)OC(=O)CC(C)C. The van der Waals surface area contributed by atoms with Gasteiger partial charge in [0, 0.05) is 63.4 Å². The molecule has 0 bridgehead atoms. The highest BCUT2D eigenvalue weighted by molar-refractivity contribution is 7.85. The van der Waals surface area contributed by atoms with Gasteiger partial charge in [0.15, 0.2) is 5.79 Å². The minimum atomic E-state index is -4.25. The molecule has 0 aromatic carbocycles. The molecule has 0 aromatic heterocycles. The maximum Gasteiger partial charge on any atom is 0.333 e. The Kier molecular flexibility index (Phi) is 27.2. The second-order valence-electron chi connectivity index (χ2n) is 21.4. The normalized spacial score (nSPS) is 24.2. The number of aliphatic hydroxyl groups excluding tert-OH is 1. The van der Waals surface area contributed by atoms with E-state index in [0.29, 0.717) is 44.1 Å². The first kappa shape index (κ1) is 64.2. The van der Waals surface area contributed by atoms with E-state index in [9.17, 15) is 42.3 Å². The predicted octanol–water partition coefficient (Wildman–Crippen LogP) is 8.20. The molecule has 10 unspecified atom stereocenters. The number of carbonyl (C=O) groups is 6. The molecule has 414 valence electrons. The van der Waals surface area contributed by atoms with Crippen molar-refractivity contribution in [3.63, 3.8) is 0 Å². The smallest absolute Gasteiger partial charge is 0.333 e. The van der Waals surface area contributed by atoms with Gasteiger partial charge in [-0.15, -0.1) is 0 Å². The summed E-state index contributed by atoms with van der Waals surface area (Å²) < 4.78 is 79.1. The van der Waals surface area contributed by atoms with E-state index in [-0.39, 0.29) is 73.7 Å². The van der Waals surface area contributed by atoms with Gasteiger partial charge in [-0.3, -0.25) is 28.5 Å². The number of methoxy groups -OCH3 is 1. The Balaban J connectivity index is 2.54. The highest BCUT2D eigenvalue weighted by Crippen LogP contribution is 2.46. The van der Waals surface area contributed by atoms with E-state index < -0.39 is 119 Å². The van der Waals surface area contributed by atoms with Gasteiger partial charge in [0.2, 0.25) is 0 Å². The lowest BCUT2D eigenvalue weighted by Crippen LogP contribution is -2.57. The van der Waals surface area contributed by atoms with Crippen LogP contribution in [0.2, 0.25) is 0 Å². The van der Waals surface area contributed by atoms with Gasteiger partial charge < -0.3 is 43.0 Å². The lowest BCUT2D eigenvalue weighted by molar-refractivity contribution is -0.347. The fourth-order valence-electron chi connectivity index (χ4n) is 9.56. The van der Waals surface area contributed by atoms with Crippen molar-refractivity contribution in [3.8, 4) is 0 Å². The fourth-order valence-corrected chi connectivity index (χ4v) is 9.85. The third-order valence-corrected chi connectivity index (χ3v) is 13.8. The van der Waals surface area contributed by atoms with E-state index >= 15 is 0 Å². The summed E-state index contributed by atoms with van der Waals surface area (Å²) in [6.07, 6.45) is 0.446. The van der Waals surface area contributed by atoms with Gasteiger partial charge in [0.05, 0.1) is 19.3 Å². The third-order valence-electron chi connectivity index (χ3n) is 13.1. The average Bonchev–Trinajstić information content (AvgIpc) is 3.25. The van der Waals surface area contributed by atoms with Gasteiger partial charge >= 0.3 is 35.8 Å². The summed E-state index contributed by atoms with van der Waals surface area (Å²) in [6, 6.07) is 0. The lowest BCUT2D eigenvalue weighted by atomic mass is 9.79. The molecule has 19 heteroatoms. The summed E-state index contributed by atoms with van der Waals surface area (Å²) in [5, 5.41) is 11.8. The van der Waals surface area contributed by atoms with Gasteiger partial charge in [0.25, 0.3) is 10.1 Å². The molecule has 2 rings (SSSR count). The first-order valence-corrected chi connectivity index (χ1v) is 27.4. The molecule has 2 aliphatic rings. The second-order valence-corrected chi connectivity index (χ2v) is 23.0. The van der Waals surface area contributed by atoms with Crippen LogP contribution in [-0.2, 0) is 76.8 Å². The topological polar surface area (TPSA) is 251 Å². The van der Waals surface area contributed by atoms with Crippen LogP contribution in [0.25, 0.3) is 0 Å². The van der Waals surface area contributed by atoms with E-state index in [4.69, 9.17) is 42.4 Å². The molecule has 13 atom stereocenters. The Morgan fingerprint density at radius 3 is 1.85 bits per heavy atom. The van der Waals surface area contributed by atoms with Crippen LogP contribution in [0, 0.1) is 41.4 Å². The number of hydrogen-bond acceptors (Lipinski definition) is 17. The van der Waals surface area contributed by atoms with Gasteiger partial charge in [-0.25, -0.2) is 4.79 Å². The Labute approximate surface area is 429 Å². The van der Waals surface area contributed by atoms with E-state index in [0.717, 1.165) is 0 Å². The number of aliphatic hydroxyl groups is 1. The van der Waals surface area contributed by atoms with E-state index in [2.05, 4.69) is 13.8 Å². The molecule has 0 amide bonds. The lowest BCUT2D eigenvalue weighted by Gasteiger charge is -2.52. The predicted molar refractivity (Wildman–Crippen MR) is 267 cm³/mol. The Bertz CT molecular complexity index is 1940. The molecule has 2 N–H and O–H groups in total. The van der Waals surface area contributed by atoms with Crippen molar-refractivity contribution in [3.05, 3.63) is 23.3 Å². The minimum absolute atomic E-state index is 0.00666. The maximum atomic E-state index is 13.7. The monoisotopic (exact) mass is 1040 g/mol. The van der Waals surface area contributed by atoms with Crippen molar-refractivity contribution in [2.24, 2.45) is 41.4 Å². The van der Waals surface area contributed by atoms with E-state index in [1.165, 1.54) is 14.0 Å². The Hall–Kier alpha value is -3.91. The van der Waals surface area contributed by atoms with Crippen LogP contribution in [0.3, 0.4) is 0 Å². The summed E-state index contributed by atoms with van der Waals surface area (Å²) in [5.41, 5.74) is 0.951. The van der Waals surface area contributed by atoms with Gasteiger partial charge in [0.1, 0.15) is 42.9 Å². The van der Waals surface area contributed by atoms with Crippen LogP contribution < -0.4 is 0 Å². The van der Waals surface area contributed by atoms with Crippen molar-refractivity contribution in [2.45, 2.75) is 216 Å². The van der Waals surface area contributed by atoms with Gasteiger partial charge in [-0.2, -0.15) is 8.42 Å². The van der Waals surface area contributed by atoms with Crippen molar-refractivity contribution in [1.82, 2.24) is 0 Å². The fraction of sp³-hybridized carbons (Fsp3) is 0.811. The number of carbonyl (C=O) groups excluding carboxylic acids is 6. The maximum absolute atomic E-state index is 13.7. The van der Waals surface area contributed by atoms with E-state index in [1.54, 1.807) is 26.8 Å². The molecule has 0 saturated carbocycles. The highest BCUT2D eigenvalue weighted by atomic mass is 32.2. The summed E-state index contributed by atoms with van der Waals surface area (Å²) in [7, 11) is -2.99. The number of rotatable bonds is 29. The third kappa shape index (κ3) is 23.1. The quantitative estimate of drug-likeness (QED) is 0.0235. The molecule has 0 radical (unpaired) electrons. The molecule has 2 saturated heterocycles. The number of allylic oxidation sites excluding steroid dienone is 1. The van der Waals surface area contributed by atoms with Crippen molar-refractivity contribution in [1.29, 1.82) is 0 Å². The summed E-state index contributed by atoms with van der Waals surface area (Å²) in [6.45, 7) is 23.0. The first-order valence-electron chi connectivity index (χ1n) is 25.8. The molecule has 2 fully saturated rings. The average molecular weight is 1050 g/mol. The zero-order valence-corrected chi connectivity index (χ0v) is 46.3. The molecule has 2 heterocycles. The molecule has 1 spiro atoms. The standard InChI is InChI=1S/C53H88O18S/c1-15-45(55)67-41(20-19-37(10)52(60)64-14)39(12)51(66-40(13)54)43(68-47(57)23-31(2)3)28-38(11)50(69-48(58)24-32(4)5)44-26-35(8)30-53(71-44)29-34(7)25-42(70-53)49(59)36(9)18-16-17-33(6)27-46(56)65-21-22-72(61,62)63/h18-19,31-35,38-39,41-44,49-51,59H,15-17,20-30H2,1-14H3,(H,61,62,63)/b36-18+,37-19+/t33?,34-,35?,38?,39?,41?,42+,43?,44?,49?,50?,51?,53+/m0/s1. The molecule has 72 heavy (non-hydrogen) atoms. The molecule has 0 aromatic rings. The second kappa shape index (κ2) is 30.5.